The monoisotopic (exact) mass is 437 g/mol. The van der Waals surface area contributed by atoms with Crippen LogP contribution in [-0.4, -0.2) is 56.3 Å². The van der Waals surface area contributed by atoms with Crippen LogP contribution in [0.15, 0.2) is 47.4 Å². The molecule has 0 aliphatic rings. The van der Waals surface area contributed by atoms with E-state index in [9.17, 15) is 4.79 Å². The first-order valence-corrected chi connectivity index (χ1v) is 10.6. The minimum absolute atomic E-state index is 0. The minimum Gasteiger partial charge on any atom is -0.494 e. The summed E-state index contributed by atoms with van der Waals surface area (Å²) in [5.74, 6) is 0.694. The van der Waals surface area contributed by atoms with Gasteiger partial charge in [0, 0.05) is 18.0 Å². The maximum Gasteiger partial charge on any atom is 0.261 e. The Labute approximate surface area is 180 Å². The van der Waals surface area contributed by atoms with Crippen molar-refractivity contribution in [3.63, 3.8) is 0 Å². The standard InChI is InChI=1S/C20H23N3O2S2.ClH/c1-22(2)12-13-23(19(24)14-8-5-6-10-16(14)26-4)20-21-18-15(25-3)9-7-11-17(18)27-20;/h5-11H,12-13H2,1-4H3;1H. The molecule has 2 aromatic carbocycles. The zero-order chi connectivity index (χ0) is 19.4. The molecule has 0 bridgehead atoms. The summed E-state index contributed by atoms with van der Waals surface area (Å²) in [7, 11) is 5.64. The lowest BCUT2D eigenvalue weighted by atomic mass is 10.2. The minimum atomic E-state index is -0.0279. The zero-order valence-corrected chi connectivity index (χ0v) is 18.8. The van der Waals surface area contributed by atoms with Gasteiger partial charge in [-0.25, -0.2) is 4.98 Å². The molecule has 0 atom stereocenters. The summed E-state index contributed by atoms with van der Waals surface area (Å²) in [5, 5.41) is 0.692. The van der Waals surface area contributed by atoms with Crippen LogP contribution in [0.25, 0.3) is 10.2 Å². The van der Waals surface area contributed by atoms with Crippen LogP contribution in [0.2, 0.25) is 0 Å². The first-order valence-electron chi connectivity index (χ1n) is 8.58. The number of ether oxygens (including phenoxy) is 1. The van der Waals surface area contributed by atoms with Gasteiger partial charge in [0.05, 0.1) is 17.4 Å². The quantitative estimate of drug-likeness (QED) is 0.503. The lowest BCUT2D eigenvalue weighted by Gasteiger charge is -2.22. The molecule has 0 spiro atoms. The molecule has 0 aliphatic heterocycles. The number of fused-ring (bicyclic) bond motifs is 1. The third kappa shape index (κ3) is 4.78. The maximum absolute atomic E-state index is 13.4. The number of halogens is 1. The van der Waals surface area contributed by atoms with E-state index in [0.717, 1.165) is 27.4 Å². The SMILES string of the molecule is COc1cccc2sc(N(CCN(C)C)C(=O)c3ccccc3SC)nc12.Cl. The number of methoxy groups -OCH3 is 1. The molecule has 5 nitrogen and oxygen atoms in total. The van der Waals surface area contributed by atoms with E-state index in [0.29, 0.717) is 17.2 Å². The van der Waals surface area contributed by atoms with Crippen LogP contribution in [0.1, 0.15) is 10.4 Å². The highest BCUT2D eigenvalue weighted by Crippen LogP contribution is 2.35. The lowest BCUT2D eigenvalue weighted by molar-refractivity contribution is 0.0982. The van der Waals surface area contributed by atoms with Crippen LogP contribution < -0.4 is 9.64 Å². The normalized spacial score (nSPS) is 10.8. The van der Waals surface area contributed by atoms with E-state index in [-0.39, 0.29) is 18.3 Å². The van der Waals surface area contributed by atoms with E-state index in [1.807, 2.05) is 62.8 Å². The Morgan fingerprint density at radius 1 is 1.14 bits per heavy atom. The second kappa shape index (κ2) is 10.1. The predicted octanol–water partition coefficient (Wildman–Crippen LogP) is 4.66. The summed E-state index contributed by atoms with van der Waals surface area (Å²) in [6, 6.07) is 13.5. The molecule has 0 fully saturated rings. The second-order valence-corrected chi connectivity index (χ2v) is 8.12. The number of amides is 1. The third-order valence-electron chi connectivity index (χ3n) is 4.17. The summed E-state index contributed by atoms with van der Waals surface area (Å²) < 4.78 is 6.43. The molecule has 3 rings (SSSR count). The molecule has 1 heterocycles. The van der Waals surface area contributed by atoms with Crippen LogP contribution >= 0.6 is 35.5 Å². The van der Waals surface area contributed by atoms with E-state index in [4.69, 9.17) is 9.72 Å². The number of anilines is 1. The van der Waals surface area contributed by atoms with Crippen molar-refractivity contribution in [2.75, 3.05) is 45.5 Å². The van der Waals surface area contributed by atoms with Gasteiger partial charge in [-0.1, -0.05) is 29.5 Å². The lowest BCUT2D eigenvalue weighted by Crippen LogP contribution is -2.37. The number of thiazole rings is 1. The van der Waals surface area contributed by atoms with Crippen molar-refractivity contribution in [3.8, 4) is 5.75 Å². The van der Waals surface area contributed by atoms with Gasteiger partial charge >= 0.3 is 0 Å². The Bertz CT molecular complexity index is 946. The molecule has 0 unspecified atom stereocenters. The molecular weight excluding hydrogens is 414 g/mol. The summed E-state index contributed by atoms with van der Waals surface area (Å²) >= 11 is 3.09. The van der Waals surface area contributed by atoms with Crippen LogP contribution in [0.3, 0.4) is 0 Å². The molecule has 8 heteroatoms. The van der Waals surface area contributed by atoms with E-state index >= 15 is 0 Å². The Balaban J connectivity index is 0.00000280. The van der Waals surface area contributed by atoms with Gasteiger partial charge in [0.2, 0.25) is 0 Å². The van der Waals surface area contributed by atoms with Gasteiger partial charge in [0.1, 0.15) is 11.3 Å². The molecule has 0 aliphatic carbocycles. The van der Waals surface area contributed by atoms with Gasteiger partial charge in [-0.3, -0.25) is 9.69 Å². The van der Waals surface area contributed by atoms with Crippen molar-refractivity contribution in [3.05, 3.63) is 48.0 Å². The molecule has 0 N–H and O–H groups in total. The fourth-order valence-electron chi connectivity index (χ4n) is 2.74. The van der Waals surface area contributed by atoms with Gasteiger partial charge in [-0.2, -0.15) is 0 Å². The van der Waals surface area contributed by atoms with Crippen molar-refractivity contribution in [1.82, 2.24) is 9.88 Å². The van der Waals surface area contributed by atoms with E-state index < -0.39 is 0 Å². The summed E-state index contributed by atoms with van der Waals surface area (Å²) in [6.07, 6.45) is 1.98. The Kier molecular flexibility index (Phi) is 8.12. The average molecular weight is 438 g/mol. The fraction of sp³-hybridized carbons (Fsp3) is 0.300. The topological polar surface area (TPSA) is 45.7 Å². The van der Waals surface area contributed by atoms with E-state index in [2.05, 4.69) is 4.90 Å². The number of thioether (sulfide) groups is 1. The van der Waals surface area contributed by atoms with Gasteiger partial charge < -0.3 is 9.64 Å². The molecule has 0 saturated carbocycles. The molecule has 3 aromatic rings. The van der Waals surface area contributed by atoms with Crippen LogP contribution in [0.5, 0.6) is 5.75 Å². The van der Waals surface area contributed by atoms with Crippen LogP contribution in [0.4, 0.5) is 5.13 Å². The summed E-state index contributed by atoms with van der Waals surface area (Å²) in [5.41, 5.74) is 1.50. The second-order valence-electron chi connectivity index (χ2n) is 6.26. The van der Waals surface area contributed by atoms with Crippen molar-refractivity contribution in [2.24, 2.45) is 0 Å². The number of benzene rings is 2. The number of nitrogens with zero attached hydrogens (tertiary/aromatic N) is 3. The first kappa shape index (κ1) is 22.5. The van der Waals surface area contributed by atoms with Crippen molar-refractivity contribution < 1.29 is 9.53 Å². The molecule has 0 saturated heterocycles. The van der Waals surface area contributed by atoms with Gasteiger partial charge in [0.25, 0.3) is 5.91 Å². The van der Waals surface area contributed by atoms with E-state index in [1.54, 1.807) is 23.8 Å². The molecular formula is C20H24ClN3O2S2. The number of carbonyl (C=O) groups excluding carboxylic acids is 1. The van der Waals surface area contributed by atoms with Crippen molar-refractivity contribution in [1.29, 1.82) is 0 Å². The number of para-hydroxylation sites is 1. The first-order chi connectivity index (χ1) is 13.0. The zero-order valence-electron chi connectivity index (χ0n) is 16.3. The highest BCUT2D eigenvalue weighted by atomic mass is 35.5. The highest BCUT2D eigenvalue weighted by molar-refractivity contribution is 7.98. The molecule has 28 heavy (non-hydrogen) atoms. The summed E-state index contributed by atoms with van der Waals surface area (Å²) in [6.45, 7) is 1.32. The molecule has 1 aromatic heterocycles. The largest absolute Gasteiger partial charge is 0.494 e. The number of likely N-dealkylation sites (N-methyl/N-ethyl adjacent to an activating group) is 1. The molecule has 0 radical (unpaired) electrons. The maximum atomic E-state index is 13.4. The predicted molar refractivity (Wildman–Crippen MR) is 122 cm³/mol. The van der Waals surface area contributed by atoms with Crippen molar-refractivity contribution >= 4 is 56.8 Å². The number of hydrogen-bond donors (Lipinski definition) is 0. The van der Waals surface area contributed by atoms with E-state index in [1.165, 1.54) is 11.3 Å². The van der Waals surface area contributed by atoms with Crippen molar-refractivity contribution in [2.45, 2.75) is 4.90 Å². The van der Waals surface area contributed by atoms with Crippen LogP contribution in [0, 0.1) is 0 Å². The summed E-state index contributed by atoms with van der Waals surface area (Å²) in [4.78, 5) is 22.9. The third-order valence-corrected chi connectivity index (χ3v) is 6.01. The average Bonchev–Trinajstić information content (AvgIpc) is 3.11. The van der Waals surface area contributed by atoms with Gasteiger partial charge in [0.15, 0.2) is 5.13 Å². The Hall–Kier alpha value is -1.80. The number of aromatic nitrogens is 1. The van der Waals surface area contributed by atoms with Gasteiger partial charge in [-0.15, -0.1) is 24.2 Å². The molecule has 150 valence electrons. The number of hydrogen-bond acceptors (Lipinski definition) is 6. The Morgan fingerprint density at radius 3 is 2.57 bits per heavy atom. The Morgan fingerprint density at radius 2 is 1.89 bits per heavy atom. The number of carbonyl (C=O) groups is 1. The number of rotatable bonds is 7. The van der Waals surface area contributed by atoms with Crippen LogP contribution in [-0.2, 0) is 0 Å². The molecule has 1 amide bonds. The fourth-order valence-corrected chi connectivity index (χ4v) is 4.34. The van der Waals surface area contributed by atoms with Gasteiger partial charge in [-0.05, 0) is 44.6 Å². The highest BCUT2D eigenvalue weighted by Gasteiger charge is 2.24. The smallest absolute Gasteiger partial charge is 0.261 e.